The van der Waals surface area contributed by atoms with Gasteiger partial charge in [0.05, 0.1) is 5.60 Å². The number of likely N-dealkylation sites (tertiary alicyclic amines) is 1. The number of anilines is 1. The van der Waals surface area contributed by atoms with Crippen LogP contribution in [0.25, 0.3) is 0 Å². The van der Waals surface area contributed by atoms with Crippen molar-refractivity contribution in [3.63, 3.8) is 0 Å². The minimum absolute atomic E-state index is 0.0954. The molecule has 2 heterocycles. The Morgan fingerprint density at radius 3 is 2.95 bits per heavy atom. The maximum atomic E-state index is 12.4. The van der Waals surface area contributed by atoms with Crippen LogP contribution in [0.4, 0.5) is 5.82 Å². The van der Waals surface area contributed by atoms with E-state index in [9.17, 15) is 9.90 Å². The summed E-state index contributed by atoms with van der Waals surface area (Å²) in [7, 11) is 0. The fourth-order valence-corrected chi connectivity index (χ4v) is 2.44. The highest BCUT2D eigenvalue weighted by Gasteiger charge is 2.31. The predicted octanol–water partition coefficient (Wildman–Crippen LogP) is 0.663. The van der Waals surface area contributed by atoms with E-state index in [4.69, 9.17) is 5.84 Å². The molecule has 1 aliphatic rings. The molecule has 0 bridgehead atoms. The minimum atomic E-state index is -0.801. The van der Waals surface area contributed by atoms with Crippen molar-refractivity contribution in [1.29, 1.82) is 0 Å². The Labute approximate surface area is 112 Å². The van der Waals surface area contributed by atoms with Gasteiger partial charge in [0.1, 0.15) is 5.82 Å². The van der Waals surface area contributed by atoms with Crippen molar-refractivity contribution < 1.29 is 9.90 Å². The SMILES string of the molecule is Cc1cc(C(=O)N2CCCC(C)(O)C2)cc(NN)n1. The summed E-state index contributed by atoms with van der Waals surface area (Å²) in [6.45, 7) is 4.60. The fraction of sp³-hybridized carbons (Fsp3) is 0.538. The third kappa shape index (κ3) is 3.21. The second kappa shape index (κ2) is 5.14. The van der Waals surface area contributed by atoms with E-state index < -0.39 is 5.60 Å². The van der Waals surface area contributed by atoms with Crippen LogP contribution in [0.2, 0.25) is 0 Å². The number of hydrazine groups is 1. The van der Waals surface area contributed by atoms with Gasteiger partial charge in [-0.25, -0.2) is 10.8 Å². The number of carbonyl (C=O) groups is 1. The first-order valence-electron chi connectivity index (χ1n) is 6.38. The number of nitrogens with two attached hydrogens (primary N) is 1. The number of β-amino-alcohol motifs (C(OH)–C–C–N with tert-alkyl or cyclic N) is 1. The largest absolute Gasteiger partial charge is 0.388 e. The van der Waals surface area contributed by atoms with Crippen LogP contribution in [-0.4, -0.2) is 39.6 Å². The molecule has 1 aliphatic heterocycles. The number of nitrogens with one attached hydrogen (secondary N) is 1. The Morgan fingerprint density at radius 1 is 1.58 bits per heavy atom. The number of amides is 1. The summed E-state index contributed by atoms with van der Waals surface area (Å²) in [5, 5.41) is 10.1. The van der Waals surface area contributed by atoms with Crippen molar-refractivity contribution >= 4 is 11.7 Å². The number of carbonyl (C=O) groups excluding carboxylic acids is 1. The number of aryl methyl sites for hydroxylation is 1. The molecule has 19 heavy (non-hydrogen) atoms. The predicted molar refractivity (Wildman–Crippen MR) is 72.5 cm³/mol. The second-order valence-electron chi connectivity index (χ2n) is 5.35. The third-order valence-electron chi connectivity index (χ3n) is 3.31. The summed E-state index contributed by atoms with van der Waals surface area (Å²) in [4.78, 5) is 18.3. The summed E-state index contributed by atoms with van der Waals surface area (Å²) in [5.41, 5.74) is 2.91. The van der Waals surface area contributed by atoms with E-state index in [1.165, 1.54) is 0 Å². The molecule has 0 radical (unpaired) electrons. The van der Waals surface area contributed by atoms with E-state index in [1.807, 2.05) is 6.92 Å². The summed E-state index contributed by atoms with van der Waals surface area (Å²) in [6.07, 6.45) is 1.53. The van der Waals surface area contributed by atoms with Gasteiger partial charge in [0.2, 0.25) is 0 Å². The molecule has 1 aromatic rings. The van der Waals surface area contributed by atoms with Crippen molar-refractivity contribution in [2.45, 2.75) is 32.3 Å². The monoisotopic (exact) mass is 264 g/mol. The maximum Gasteiger partial charge on any atom is 0.254 e. The molecule has 1 saturated heterocycles. The Balaban J connectivity index is 2.21. The molecule has 1 unspecified atom stereocenters. The summed E-state index contributed by atoms with van der Waals surface area (Å²) >= 11 is 0. The molecule has 2 rings (SSSR count). The number of hydrogen-bond acceptors (Lipinski definition) is 5. The highest BCUT2D eigenvalue weighted by molar-refractivity contribution is 5.95. The third-order valence-corrected chi connectivity index (χ3v) is 3.31. The van der Waals surface area contributed by atoms with Crippen molar-refractivity contribution in [2.75, 3.05) is 18.5 Å². The molecule has 1 atom stereocenters. The first-order chi connectivity index (χ1) is 8.91. The summed E-state index contributed by atoms with van der Waals surface area (Å²) in [5.74, 6) is 5.70. The second-order valence-corrected chi connectivity index (χ2v) is 5.35. The first kappa shape index (κ1) is 13.8. The Hall–Kier alpha value is -1.66. The van der Waals surface area contributed by atoms with Gasteiger partial charge in [-0.15, -0.1) is 0 Å². The van der Waals surface area contributed by atoms with Crippen LogP contribution in [0, 0.1) is 6.92 Å². The molecule has 104 valence electrons. The van der Waals surface area contributed by atoms with Crippen LogP contribution in [0.15, 0.2) is 12.1 Å². The van der Waals surface area contributed by atoms with Gasteiger partial charge in [0, 0.05) is 24.3 Å². The number of aromatic nitrogens is 1. The number of aliphatic hydroxyl groups is 1. The molecular formula is C13H20N4O2. The van der Waals surface area contributed by atoms with Gasteiger partial charge in [0.25, 0.3) is 5.91 Å². The van der Waals surface area contributed by atoms with Crippen molar-refractivity contribution in [3.05, 3.63) is 23.4 Å². The molecule has 0 saturated carbocycles. The van der Waals surface area contributed by atoms with Crippen LogP contribution in [0.3, 0.4) is 0 Å². The number of pyridine rings is 1. The molecule has 6 heteroatoms. The Bertz CT molecular complexity index is 488. The van der Waals surface area contributed by atoms with Crippen LogP contribution in [0.1, 0.15) is 35.8 Å². The lowest BCUT2D eigenvalue weighted by Crippen LogP contribution is -2.48. The van der Waals surface area contributed by atoms with Crippen LogP contribution in [0.5, 0.6) is 0 Å². The van der Waals surface area contributed by atoms with Crippen molar-refractivity contribution in [2.24, 2.45) is 5.84 Å². The van der Waals surface area contributed by atoms with Gasteiger partial charge in [-0.1, -0.05) is 0 Å². The van der Waals surface area contributed by atoms with Gasteiger partial charge >= 0.3 is 0 Å². The molecule has 0 spiro atoms. The number of nitrogens with zero attached hydrogens (tertiary/aromatic N) is 2. The van der Waals surface area contributed by atoms with Crippen LogP contribution >= 0.6 is 0 Å². The van der Waals surface area contributed by atoms with E-state index in [2.05, 4.69) is 10.4 Å². The van der Waals surface area contributed by atoms with E-state index in [0.717, 1.165) is 18.5 Å². The van der Waals surface area contributed by atoms with Crippen LogP contribution in [-0.2, 0) is 0 Å². The standard InChI is InChI=1S/C13H20N4O2/c1-9-6-10(7-11(15-9)16-14)12(18)17-5-3-4-13(2,19)8-17/h6-7,19H,3-5,8,14H2,1-2H3,(H,15,16). The lowest BCUT2D eigenvalue weighted by Gasteiger charge is -2.36. The lowest BCUT2D eigenvalue weighted by atomic mass is 9.94. The Kier molecular flexibility index (Phi) is 3.73. The summed E-state index contributed by atoms with van der Waals surface area (Å²) in [6, 6.07) is 3.35. The molecule has 4 N–H and O–H groups in total. The normalized spacial score (nSPS) is 23.3. The highest BCUT2D eigenvalue weighted by Crippen LogP contribution is 2.22. The van der Waals surface area contributed by atoms with Crippen LogP contribution < -0.4 is 11.3 Å². The molecule has 6 nitrogen and oxygen atoms in total. The van der Waals surface area contributed by atoms with E-state index in [1.54, 1.807) is 24.0 Å². The number of nitrogen functional groups attached to an aromatic ring is 1. The fourth-order valence-electron chi connectivity index (χ4n) is 2.44. The van der Waals surface area contributed by atoms with Crippen molar-refractivity contribution in [3.8, 4) is 0 Å². The average molecular weight is 264 g/mol. The van der Waals surface area contributed by atoms with E-state index in [0.29, 0.717) is 24.5 Å². The average Bonchev–Trinajstić information content (AvgIpc) is 2.35. The molecule has 1 aromatic heterocycles. The van der Waals surface area contributed by atoms with Gasteiger partial charge in [-0.2, -0.15) is 0 Å². The zero-order chi connectivity index (χ0) is 14.0. The van der Waals surface area contributed by atoms with Gasteiger partial charge < -0.3 is 15.4 Å². The number of piperidine rings is 1. The van der Waals surface area contributed by atoms with Gasteiger partial charge in [-0.05, 0) is 38.8 Å². The highest BCUT2D eigenvalue weighted by atomic mass is 16.3. The number of rotatable bonds is 2. The molecule has 0 aliphatic carbocycles. The minimum Gasteiger partial charge on any atom is -0.388 e. The lowest BCUT2D eigenvalue weighted by molar-refractivity contribution is -0.0107. The number of hydrogen-bond donors (Lipinski definition) is 3. The molecule has 0 aromatic carbocycles. The van der Waals surface area contributed by atoms with Gasteiger partial charge in [0.15, 0.2) is 0 Å². The summed E-state index contributed by atoms with van der Waals surface area (Å²) < 4.78 is 0. The molecule has 1 amide bonds. The topological polar surface area (TPSA) is 91.5 Å². The zero-order valence-electron chi connectivity index (χ0n) is 11.3. The molecule has 1 fully saturated rings. The maximum absolute atomic E-state index is 12.4. The van der Waals surface area contributed by atoms with Gasteiger partial charge in [-0.3, -0.25) is 4.79 Å². The first-order valence-corrected chi connectivity index (χ1v) is 6.38. The quantitative estimate of drug-likeness (QED) is 0.539. The Morgan fingerprint density at radius 2 is 2.32 bits per heavy atom. The smallest absolute Gasteiger partial charge is 0.254 e. The van der Waals surface area contributed by atoms with E-state index in [-0.39, 0.29) is 5.91 Å². The zero-order valence-corrected chi connectivity index (χ0v) is 11.3. The van der Waals surface area contributed by atoms with E-state index >= 15 is 0 Å². The molecular weight excluding hydrogens is 244 g/mol. The van der Waals surface area contributed by atoms with Crippen molar-refractivity contribution in [1.82, 2.24) is 9.88 Å².